The maximum absolute atomic E-state index is 13.5. The van der Waals surface area contributed by atoms with Gasteiger partial charge < -0.3 is 5.32 Å². The van der Waals surface area contributed by atoms with E-state index >= 15 is 0 Å². The van der Waals surface area contributed by atoms with E-state index in [0.717, 1.165) is 12.3 Å². The lowest BCUT2D eigenvalue weighted by Crippen LogP contribution is -2.42. The van der Waals surface area contributed by atoms with E-state index in [0.29, 0.717) is 12.5 Å². The number of carbonyl (C=O) groups excluding carboxylic acids is 1. The molecule has 9 heteroatoms. The molecule has 1 unspecified atom stereocenters. The van der Waals surface area contributed by atoms with Crippen molar-refractivity contribution in [3.8, 4) is 0 Å². The Hall–Kier alpha value is -1.61. The van der Waals surface area contributed by atoms with Crippen molar-refractivity contribution in [2.75, 3.05) is 19.3 Å². The predicted molar refractivity (Wildman–Crippen MR) is 80.0 cm³/mol. The molecule has 0 bridgehead atoms. The highest BCUT2D eigenvalue weighted by atomic mass is 32.2. The van der Waals surface area contributed by atoms with Crippen LogP contribution in [0, 0.1) is 17.5 Å². The highest BCUT2D eigenvalue weighted by Crippen LogP contribution is 2.15. The van der Waals surface area contributed by atoms with E-state index in [9.17, 15) is 26.4 Å². The van der Waals surface area contributed by atoms with Gasteiger partial charge in [0.15, 0.2) is 17.5 Å². The molecule has 0 aliphatic heterocycles. The van der Waals surface area contributed by atoms with E-state index in [4.69, 9.17) is 0 Å². The van der Waals surface area contributed by atoms with E-state index in [1.54, 1.807) is 6.92 Å². The average Bonchev–Trinajstić information content (AvgIpc) is 2.47. The van der Waals surface area contributed by atoms with Crippen molar-refractivity contribution in [3.63, 3.8) is 0 Å². The lowest BCUT2D eigenvalue weighted by molar-refractivity contribution is 0.0945. The molecule has 0 radical (unpaired) electrons. The van der Waals surface area contributed by atoms with Crippen molar-refractivity contribution < 1.29 is 26.4 Å². The summed E-state index contributed by atoms with van der Waals surface area (Å²) >= 11 is 0. The van der Waals surface area contributed by atoms with Crippen LogP contribution < -0.4 is 5.32 Å². The van der Waals surface area contributed by atoms with Crippen LogP contribution in [0.4, 0.5) is 13.2 Å². The molecule has 0 aliphatic rings. The zero-order chi connectivity index (χ0) is 17.8. The Labute approximate surface area is 133 Å². The zero-order valence-corrected chi connectivity index (χ0v) is 13.9. The molecule has 23 heavy (non-hydrogen) atoms. The van der Waals surface area contributed by atoms with Gasteiger partial charge in [-0.3, -0.25) is 4.79 Å². The lowest BCUT2D eigenvalue weighted by Gasteiger charge is -2.26. The summed E-state index contributed by atoms with van der Waals surface area (Å²) in [6, 6.07) is 1.21. The molecular formula is C14H19F3N2O3S. The summed E-state index contributed by atoms with van der Waals surface area (Å²) in [6.45, 7) is 3.44. The van der Waals surface area contributed by atoms with E-state index in [1.165, 1.54) is 4.31 Å². The number of sulfonamides is 1. The Balaban J connectivity index is 2.75. The van der Waals surface area contributed by atoms with Crippen molar-refractivity contribution in [3.05, 3.63) is 35.1 Å². The Kier molecular flexibility index (Phi) is 6.57. The second-order valence-corrected chi connectivity index (χ2v) is 7.04. The van der Waals surface area contributed by atoms with Gasteiger partial charge in [0.05, 0.1) is 11.8 Å². The van der Waals surface area contributed by atoms with E-state index in [-0.39, 0.29) is 19.1 Å². The molecule has 1 N–H and O–H groups in total. The van der Waals surface area contributed by atoms with Gasteiger partial charge >= 0.3 is 0 Å². The van der Waals surface area contributed by atoms with Crippen LogP contribution in [0.15, 0.2) is 12.1 Å². The van der Waals surface area contributed by atoms with Gasteiger partial charge in [-0.15, -0.1) is 0 Å². The zero-order valence-electron chi connectivity index (χ0n) is 13.1. The minimum Gasteiger partial charge on any atom is -0.351 e. The van der Waals surface area contributed by atoms with Crippen molar-refractivity contribution in [1.29, 1.82) is 0 Å². The summed E-state index contributed by atoms with van der Waals surface area (Å²) in [4.78, 5) is 11.8. The van der Waals surface area contributed by atoms with Gasteiger partial charge in [0, 0.05) is 19.1 Å². The Bertz CT molecular complexity index is 680. The summed E-state index contributed by atoms with van der Waals surface area (Å²) in [6.07, 6.45) is 1.63. The number of halogens is 3. The van der Waals surface area contributed by atoms with Crippen LogP contribution in [0.1, 0.15) is 30.6 Å². The number of nitrogens with zero attached hydrogens (tertiary/aromatic N) is 1. The van der Waals surface area contributed by atoms with Gasteiger partial charge in [-0.05, 0) is 25.5 Å². The largest absolute Gasteiger partial charge is 0.351 e. The summed E-state index contributed by atoms with van der Waals surface area (Å²) in [5.41, 5.74) is -0.640. The molecule has 1 aromatic rings. The number of nitrogens with one attached hydrogen (secondary N) is 1. The van der Waals surface area contributed by atoms with Crippen LogP contribution in [0.2, 0.25) is 0 Å². The fourth-order valence-electron chi connectivity index (χ4n) is 1.99. The smallest absolute Gasteiger partial charge is 0.254 e. The van der Waals surface area contributed by atoms with Crippen LogP contribution in [-0.2, 0) is 10.0 Å². The van der Waals surface area contributed by atoms with Crippen LogP contribution in [0.3, 0.4) is 0 Å². The molecule has 0 fully saturated rings. The molecule has 1 atom stereocenters. The van der Waals surface area contributed by atoms with Crippen LogP contribution >= 0.6 is 0 Å². The first kappa shape index (κ1) is 19.4. The van der Waals surface area contributed by atoms with Gasteiger partial charge in [0.25, 0.3) is 5.91 Å². The second-order valence-electron chi connectivity index (χ2n) is 5.11. The topological polar surface area (TPSA) is 66.5 Å². The Morgan fingerprint density at radius 2 is 1.87 bits per heavy atom. The van der Waals surface area contributed by atoms with E-state index < -0.39 is 38.9 Å². The van der Waals surface area contributed by atoms with Crippen LogP contribution in [0.25, 0.3) is 0 Å². The molecule has 0 aliphatic carbocycles. The van der Waals surface area contributed by atoms with Gasteiger partial charge in [-0.2, -0.15) is 4.31 Å². The average molecular weight is 352 g/mol. The number of rotatable bonds is 7. The Morgan fingerprint density at radius 3 is 2.39 bits per heavy atom. The molecular weight excluding hydrogens is 333 g/mol. The molecule has 0 saturated carbocycles. The Morgan fingerprint density at radius 1 is 1.26 bits per heavy atom. The van der Waals surface area contributed by atoms with Crippen LogP contribution in [-0.4, -0.2) is 44.0 Å². The molecule has 1 amide bonds. The van der Waals surface area contributed by atoms with E-state index in [2.05, 4.69) is 5.32 Å². The molecule has 0 saturated heterocycles. The molecule has 5 nitrogen and oxygen atoms in total. The van der Waals surface area contributed by atoms with E-state index in [1.807, 2.05) is 6.92 Å². The summed E-state index contributed by atoms with van der Waals surface area (Å²) in [7, 11) is -3.46. The molecule has 1 aromatic carbocycles. The second kappa shape index (κ2) is 7.78. The maximum atomic E-state index is 13.5. The predicted octanol–water partition coefficient (Wildman–Crippen LogP) is 1.89. The summed E-state index contributed by atoms with van der Waals surface area (Å²) < 4.78 is 64.0. The van der Waals surface area contributed by atoms with Crippen molar-refractivity contribution >= 4 is 15.9 Å². The van der Waals surface area contributed by atoms with Crippen LogP contribution in [0.5, 0.6) is 0 Å². The normalized spacial score (nSPS) is 13.2. The standard InChI is InChI=1S/C14H19F3N2O3S/c1-4-9(2)19(23(3,21)22)8-7-18-14(20)10-5-6-11(15)13(17)12(10)16/h5-6,9H,4,7-8H2,1-3H3,(H,18,20). The molecule has 130 valence electrons. The van der Waals surface area contributed by atoms with Crippen molar-refractivity contribution in [2.24, 2.45) is 0 Å². The monoisotopic (exact) mass is 352 g/mol. The third kappa shape index (κ3) is 4.93. The third-order valence-corrected chi connectivity index (χ3v) is 4.80. The fourth-order valence-corrected chi connectivity index (χ4v) is 3.22. The quantitative estimate of drug-likeness (QED) is 0.762. The fraction of sp³-hybridized carbons (Fsp3) is 0.500. The number of hydrogen-bond donors (Lipinski definition) is 1. The first-order valence-electron chi connectivity index (χ1n) is 6.98. The molecule has 0 aromatic heterocycles. The first-order valence-corrected chi connectivity index (χ1v) is 8.82. The number of benzene rings is 1. The minimum absolute atomic E-state index is 0.00905. The first-order chi connectivity index (χ1) is 10.6. The third-order valence-electron chi connectivity index (χ3n) is 3.41. The van der Waals surface area contributed by atoms with Gasteiger partial charge in [0.1, 0.15) is 0 Å². The van der Waals surface area contributed by atoms with Gasteiger partial charge in [-0.1, -0.05) is 6.92 Å². The van der Waals surface area contributed by atoms with Gasteiger partial charge in [-0.25, -0.2) is 21.6 Å². The highest BCUT2D eigenvalue weighted by molar-refractivity contribution is 7.88. The molecule has 1 rings (SSSR count). The number of amides is 1. The van der Waals surface area contributed by atoms with Crippen molar-refractivity contribution in [2.45, 2.75) is 26.3 Å². The number of hydrogen-bond acceptors (Lipinski definition) is 3. The maximum Gasteiger partial charge on any atom is 0.254 e. The number of carbonyl (C=O) groups is 1. The van der Waals surface area contributed by atoms with Crippen molar-refractivity contribution in [1.82, 2.24) is 9.62 Å². The molecule has 0 heterocycles. The highest BCUT2D eigenvalue weighted by Gasteiger charge is 2.23. The summed E-state index contributed by atoms with van der Waals surface area (Å²) in [5, 5.41) is 2.29. The van der Waals surface area contributed by atoms with Gasteiger partial charge in [0.2, 0.25) is 10.0 Å². The minimum atomic E-state index is -3.46. The molecule has 0 spiro atoms. The summed E-state index contributed by atoms with van der Waals surface area (Å²) in [5.74, 6) is -5.64. The SMILES string of the molecule is CCC(C)N(CCNC(=O)c1ccc(F)c(F)c1F)S(C)(=O)=O. The lowest BCUT2D eigenvalue weighted by atomic mass is 10.2.